The van der Waals surface area contributed by atoms with Crippen molar-refractivity contribution in [2.45, 2.75) is 65.7 Å². The summed E-state index contributed by atoms with van der Waals surface area (Å²) in [6, 6.07) is 6.35. The number of carbonyl (C=O) groups is 1. The molecule has 0 N–H and O–H groups in total. The lowest BCUT2D eigenvalue weighted by atomic mass is 9.80. The molecule has 0 atom stereocenters. The summed E-state index contributed by atoms with van der Waals surface area (Å²) in [7, 11) is 0. The maximum Gasteiger partial charge on any atom is 0.169 e. The molecule has 0 aromatic heterocycles. The molecule has 0 saturated carbocycles. The molecule has 2 heteroatoms. The van der Waals surface area contributed by atoms with Crippen LogP contribution in [0.1, 0.15) is 66.0 Å². The Hall–Kier alpha value is -1.31. The van der Waals surface area contributed by atoms with Crippen LogP contribution in [0.3, 0.4) is 0 Å². The highest BCUT2D eigenvalue weighted by molar-refractivity contribution is 5.79. The number of benzene rings is 1. The molecule has 0 bridgehead atoms. The highest BCUT2D eigenvalue weighted by Crippen LogP contribution is 2.32. The second-order valence-corrected chi connectivity index (χ2v) is 7.43. The Morgan fingerprint density at radius 2 is 1.40 bits per heavy atom. The number of hydrogen-bond donors (Lipinski definition) is 0. The zero-order valence-corrected chi connectivity index (χ0v) is 14.0. The van der Waals surface area contributed by atoms with Crippen molar-refractivity contribution in [2.75, 3.05) is 6.61 Å². The smallest absolute Gasteiger partial charge is 0.169 e. The number of carbonyl (C=O) groups excluding carboxylic acids is 1. The third kappa shape index (κ3) is 4.66. The zero-order valence-electron chi connectivity index (χ0n) is 14.0. The van der Waals surface area contributed by atoms with Crippen LogP contribution < -0.4 is 4.74 Å². The van der Waals surface area contributed by atoms with E-state index in [1.807, 2.05) is 6.92 Å². The summed E-state index contributed by atoms with van der Waals surface area (Å²) >= 11 is 0. The van der Waals surface area contributed by atoms with E-state index in [4.69, 9.17) is 4.74 Å². The molecule has 0 aliphatic carbocycles. The second-order valence-electron chi connectivity index (χ2n) is 7.43. The maximum atomic E-state index is 11.4. The summed E-state index contributed by atoms with van der Waals surface area (Å²) in [6.07, 6.45) is 0.519. The van der Waals surface area contributed by atoms with Gasteiger partial charge >= 0.3 is 0 Å². The number of hydrogen-bond acceptors (Lipinski definition) is 2. The summed E-state index contributed by atoms with van der Waals surface area (Å²) < 4.78 is 5.68. The lowest BCUT2D eigenvalue weighted by Crippen LogP contribution is -2.17. The first-order valence-corrected chi connectivity index (χ1v) is 7.34. The molecular weight excluding hydrogens is 248 g/mol. The zero-order chi connectivity index (χ0) is 15.6. The first-order chi connectivity index (χ1) is 9.04. The van der Waals surface area contributed by atoms with Gasteiger partial charge in [-0.1, -0.05) is 54.5 Å². The summed E-state index contributed by atoms with van der Waals surface area (Å²) in [4.78, 5) is 11.4. The number of Topliss-reactive ketones (excluding diaryl/α,β-unsaturated/α-hetero) is 1. The molecular formula is C18H28O2. The van der Waals surface area contributed by atoms with Gasteiger partial charge < -0.3 is 4.74 Å². The van der Waals surface area contributed by atoms with E-state index in [9.17, 15) is 4.79 Å². The van der Waals surface area contributed by atoms with E-state index >= 15 is 0 Å². The van der Waals surface area contributed by atoms with Crippen LogP contribution in [-0.2, 0) is 15.6 Å². The lowest BCUT2D eigenvalue weighted by Gasteiger charge is -2.26. The molecule has 0 unspecified atom stereocenters. The van der Waals surface area contributed by atoms with Gasteiger partial charge in [-0.2, -0.15) is 0 Å². The normalized spacial score (nSPS) is 12.3. The number of ketones is 1. The molecule has 0 heterocycles. The van der Waals surface area contributed by atoms with Crippen LogP contribution in [0.15, 0.2) is 18.2 Å². The van der Waals surface area contributed by atoms with E-state index in [1.165, 1.54) is 11.1 Å². The summed E-state index contributed by atoms with van der Waals surface area (Å²) in [5, 5.41) is 0. The van der Waals surface area contributed by atoms with Crippen molar-refractivity contribution in [3.05, 3.63) is 29.3 Å². The van der Waals surface area contributed by atoms with Gasteiger partial charge in [0.1, 0.15) is 12.4 Å². The van der Waals surface area contributed by atoms with Gasteiger partial charge in [0.15, 0.2) is 5.78 Å². The fourth-order valence-corrected chi connectivity index (χ4v) is 1.81. The Bertz CT molecular complexity index is 441. The average molecular weight is 276 g/mol. The first kappa shape index (κ1) is 16.7. The van der Waals surface area contributed by atoms with Crippen molar-refractivity contribution in [2.24, 2.45) is 0 Å². The lowest BCUT2D eigenvalue weighted by molar-refractivity contribution is -0.120. The van der Waals surface area contributed by atoms with Crippen LogP contribution in [0.4, 0.5) is 0 Å². The molecule has 20 heavy (non-hydrogen) atoms. The van der Waals surface area contributed by atoms with Crippen LogP contribution in [0, 0.1) is 0 Å². The SMILES string of the molecule is CCC(=O)COc1cc(C(C)(C)C)cc(C(C)(C)C)c1. The summed E-state index contributed by atoms with van der Waals surface area (Å²) in [5.74, 6) is 0.924. The Labute approximate surface area is 123 Å². The number of rotatable bonds is 4. The summed E-state index contributed by atoms with van der Waals surface area (Å²) in [6.45, 7) is 15.2. The Balaban J connectivity index is 3.14. The molecule has 1 aromatic carbocycles. The van der Waals surface area contributed by atoms with Gasteiger partial charge in [-0.3, -0.25) is 4.79 Å². The highest BCUT2D eigenvalue weighted by Gasteiger charge is 2.21. The van der Waals surface area contributed by atoms with Crippen molar-refractivity contribution in [3.8, 4) is 5.75 Å². The van der Waals surface area contributed by atoms with Crippen LogP contribution in [-0.4, -0.2) is 12.4 Å². The third-order valence-electron chi connectivity index (χ3n) is 3.43. The third-order valence-corrected chi connectivity index (χ3v) is 3.43. The van der Waals surface area contributed by atoms with E-state index in [-0.39, 0.29) is 23.2 Å². The van der Waals surface area contributed by atoms with Crippen molar-refractivity contribution in [3.63, 3.8) is 0 Å². The maximum absolute atomic E-state index is 11.4. The molecule has 0 aliphatic heterocycles. The minimum Gasteiger partial charge on any atom is -0.486 e. The molecule has 1 rings (SSSR count). The van der Waals surface area contributed by atoms with Crippen molar-refractivity contribution in [1.82, 2.24) is 0 Å². The second kappa shape index (κ2) is 5.99. The van der Waals surface area contributed by atoms with Gasteiger partial charge in [-0.15, -0.1) is 0 Å². The molecule has 0 spiro atoms. The average Bonchev–Trinajstić information content (AvgIpc) is 2.33. The molecule has 0 saturated heterocycles. The van der Waals surface area contributed by atoms with Crippen molar-refractivity contribution in [1.29, 1.82) is 0 Å². The minimum atomic E-state index is 0.0636. The number of ether oxygens (including phenoxy) is 1. The van der Waals surface area contributed by atoms with Gasteiger partial charge in [0.05, 0.1) is 0 Å². The predicted octanol–water partition coefficient (Wildman–Crippen LogP) is 4.64. The molecule has 112 valence electrons. The monoisotopic (exact) mass is 276 g/mol. The van der Waals surface area contributed by atoms with E-state index in [0.29, 0.717) is 6.42 Å². The van der Waals surface area contributed by atoms with Gasteiger partial charge in [-0.05, 0) is 34.1 Å². The first-order valence-electron chi connectivity index (χ1n) is 7.34. The van der Waals surface area contributed by atoms with E-state index < -0.39 is 0 Å². The summed E-state index contributed by atoms with van der Waals surface area (Å²) in [5.41, 5.74) is 2.61. The molecule has 0 radical (unpaired) electrons. The van der Waals surface area contributed by atoms with Crippen molar-refractivity contribution >= 4 is 5.78 Å². The van der Waals surface area contributed by atoms with E-state index in [2.05, 4.69) is 59.7 Å². The minimum absolute atomic E-state index is 0.0636. The largest absolute Gasteiger partial charge is 0.486 e. The Kier molecular flexibility index (Phi) is 5.01. The fourth-order valence-electron chi connectivity index (χ4n) is 1.81. The van der Waals surface area contributed by atoms with Crippen LogP contribution in [0.5, 0.6) is 5.75 Å². The van der Waals surface area contributed by atoms with Gasteiger partial charge in [0, 0.05) is 6.42 Å². The van der Waals surface area contributed by atoms with E-state index in [0.717, 1.165) is 5.75 Å². The molecule has 1 aromatic rings. The van der Waals surface area contributed by atoms with Crippen LogP contribution in [0.25, 0.3) is 0 Å². The predicted molar refractivity (Wildman–Crippen MR) is 84.6 cm³/mol. The fraction of sp³-hybridized carbons (Fsp3) is 0.611. The Morgan fingerprint density at radius 1 is 0.950 bits per heavy atom. The topological polar surface area (TPSA) is 26.3 Å². The quantitative estimate of drug-likeness (QED) is 0.800. The van der Waals surface area contributed by atoms with Gasteiger partial charge in [0.25, 0.3) is 0 Å². The molecule has 0 amide bonds. The van der Waals surface area contributed by atoms with Gasteiger partial charge in [0.2, 0.25) is 0 Å². The molecule has 2 nitrogen and oxygen atoms in total. The van der Waals surface area contributed by atoms with Gasteiger partial charge in [-0.25, -0.2) is 0 Å². The molecule has 0 aliphatic rings. The van der Waals surface area contributed by atoms with Crippen LogP contribution in [0.2, 0.25) is 0 Å². The van der Waals surface area contributed by atoms with E-state index in [1.54, 1.807) is 0 Å². The van der Waals surface area contributed by atoms with Crippen LogP contribution >= 0.6 is 0 Å². The standard InChI is InChI=1S/C18H28O2/c1-8-15(19)12-20-16-10-13(17(2,3)4)9-14(11-16)18(5,6)7/h9-11H,8,12H2,1-7H3. The van der Waals surface area contributed by atoms with Crippen molar-refractivity contribution < 1.29 is 9.53 Å². The Morgan fingerprint density at radius 3 is 1.75 bits per heavy atom. The highest BCUT2D eigenvalue weighted by atomic mass is 16.5. The molecule has 0 fully saturated rings.